The topological polar surface area (TPSA) is 16.1 Å². The van der Waals surface area contributed by atoms with Crippen LogP contribution in [0.4, 0.5) is 0 Å². The highest BCUT2D eigenvalue weighted by Gasteiger charge is 2.10. The van der Waals surface area contributed by atoms with Gasteiger partial charge in [0.1, 0.15) is 0 Å². The van der Waals surface area contributed by atoms with Crippen LogP contribution in [0.15, 0.2) is 60.8 Å². The molecule has 106 valence electrons. The van der Waals surface area contributed by atoms with Gasteiger partial charge in [-0.3, -0.25) is 4.98 Å². The van der Waals surface area contributed by atoms with Crippen molar-refractivity contribution >= 4 is 10.8 Å². The third-order valence-corrected chi connectivity index (χ3v) is 4.09. The van der Waals surface area contributed by atoms with Crippen molar-refractivity contribution in [2.24, 2.45) is 0 Å². The number of pyridine rings is 1. The molecule has 1 heterocycles. The van der Waals surface area contributed by atoms with Gasteiger partial charge in [-0.2, -0.15) is 0 Å². The minimum absolute atomic E-state index is 0.389. The molecule has 3 aromatic rings. The maximum absolute atomic E-state index is 4.61. The molecule has 0 spiro atoms. The van der Waals surface area contributed by atoms with Crippen molar-refractivity contribution in [1.29, 1.82) is 0 Å². The predicted octanol–water partition coefficient (Wildman–Crippen LogP) is 4.52. The number of nitrogens with zero attached hydrogens (tertiary/aromatic N) is 2. The number of benzene rings is 2. The minimum Gasteiger partial charge on any atom is -0.303 e. The van der Waals surface area contributed by atoms with Gasteiger partial charge >= 0.3 is 0 Å². The standard InChI is InChI=1S/C19H20N2/c1-14(21(2)3)16-8-6-9-17(13-16)19-18-10-5-4-7-15(18)11-12-20-19/h4-14H,1-3H3/t14-/m0/s1. The molecule has 3 rings (SSSR count). The Morgan fingerprint density at radius 3 is 2.57 bits per heavy atom. The maximum Gasteiger partial charge on any atom is 0.0780 e. The zero-order valence-electron chi connectivity index (χ0n) is 12.7. The molecule has 0 amide bonds. The van der Waals surface area contributed by atoms with Crippen LogP contribution in [0, 0.1) is 0 Å². The van der Waals surface area contributed by atoms with Crippen molar-refractivity contribution < 1.29 is 0 Å². The van der Waals surface area contributed by atoms with E-state index < -0.39 is 0 Å². The molecule has 2 nitrogen and oxygen atoms in total. The number of fused-ring (bicyclic) bond motifs is 1. The van der Waals surface area contributed by atoms with E-state index in [1.165, 1.54) is 21.9 Å². The Morgan fingerprint density at radius 1 is 0.952 bits per heavy atom. The Labute approximate surface area is 126 Å². The van der Waals surface area contributed by atoms with E-state index in [1.807, 2.05) is 6.20 Å². The summed E-state index contributed by atoms with van der Waals surface area (Å²) in [6.45, 7) is 2.22. The molecule has 0 N–H and O–H groups in total. The Bertz CT molecular complexity index is 757. The molecule has 0 radical (unpaired) electrons. The van der Waals surface area contributed by atoms with Crippen molar-refractivity contribution in [3.05, 3.63) is 66.4 Å². The fourth-order valence-corrected chi connectivity index (χ4v) is 2.59. The zero-order valence-corrected chi connectivity index (χ0v) is 12.7. The SMILES string of the molecule is C[C@@H](c1cccc(-c2nccc3ccccc23)c1)N(C)C. The smallest absolute Gasteiger partial charge is 0.0780 e. The third-order valence-electron chi connectivity index (χ3n) is 4.09. The Balaban J connectivity index is 2.13. The molecule has 0 aliphatic carbocycles. The molecule has 0 fully saturated rings. The van der Waals surface area contributed by atoms with Gasteiger partial charge in [0, 0.05) is 23.2 Å². The molecule has 0 unspecified atom stereocenters. The first-order chi connectivity index (χ1) is 10.2. The molecule has 1 atom stereocenters. The lowest BCUT2D eigenvalue weighted by Gasteiger charge is -2.20. The molecule has 0 bridgehead atoms. The average Bonchev–Trinajstić information content (AvgIpc) is 2.53. The van der Waals surface area contributed by atoms with Crippen LogP contribution in [0.2, 0.25) is 0 Å². The first-order valence-corrected chi connectivity index (χ1v) is 7.27. The molecule has 1 aromatic heterocycles. The molecule has 2 aromatic carbocycles. The molecule has 21 heavy (non-hydrogen) atoms. The van der Waals surface area contributed by atoms with Crippen LogP contribution in [-0.4, -0.2) is 24.0 Å². The maximum atomic E-state index is 4.61. The second-order valence-electron chi connectivity index (χ2n) is 5.65. The van der Waals surface area contributed by atoms with Gasteiger partial charge < -0.3 is 4.90 Å². The molecule has 2 heteroatoms. The fraction of sp³-hybridized carbons (Fsp3) is 0.211. The lowest BCUT2D eigenvalue weighted by molar-refractivity contribution is 0.321. The number of hydrogen-bond acceptors (Lipinski definition) is 2. The van der Waals surface area contributed by atoms with Crippen LogP contribution in [-0.2, 0) is 0 Å². The van der Waals surface area contributed by atoms with Crippen molar-refractivity contribution in [2.75, 3.05) is 14.1 Å². The summed E-state index contributed by atoms with van der Waals surface area (Å²) >= 11 is 0. The lowest BCUT2D eigenvalue weighted by Crippen LogP contribution is -2.16. The van der Waals surface area contributed by atoms with E-state index >= 15 is 0 Å². The third kappa shape index (κ3) is 2.67. The summed E-state index contributed by atoms with van der Waals surface area (Å²) in [6.07, 6.45) is 1.89. The average molecular weight is 276 g/mol. The van der Waals surface area contributed by atoms with Gasteiger partial charge in [0.05, 0.1) is 5.69 Å². The van der Waals surface area contributed by atoms with Crippen LogP contribution in [0.5, 0.6) is 0 Å². The summed E-state index contributed by atoms with van der Waals surface area (Å²) in [5.74, 6) is 0. The van der Waals surface area contributed by atoms with E-state index in [4.69, 9.17) is 0 Å². The Morgan fingerprint density at radius 2 is 1.76 bits per heavy atom. The quantitative estimate of drug-likeness (QED) is 0.699. The highest BCUT2D eigenvalue weighted by Crippen LogP contribution is 2.28. The highest BCUT2D eigenvalue weighted by molar-refractivity contribution is 5.94. The summed E-state index contributed by atoms with van der Waals surface area (Å²) < 4.78 is 0. The number of hydrogen-bond donors (Lipinski definition) is 0. The minimum atomic E-state index is 0.389. The molecule has 0 aliphatic heterocycles. The van der Waals surface area contributed by atoms with Gasteiger partial charge in [-0.1, -0.05) is 42.5 Å². The molecule has 0 aliphatic rings. The monoisotopic (exact) mass is 276 g/mol. The second-order valence-corrected chi connectivity index (χ2v) is 5.65. The molecular formula is C19H20N2. The summed E-state index contributed by atoms with van der Waals surface area (Å²) in [5.41, 5.74) is 3.55. The van der Waals surface area contributed by atoms with Crippen molar-refractivity contribution in [3.63, 3.8) is 0 Å². The predicted molar refractivity (Wildman–Crippen MR) is 89.3 cm³/mol. The van der Waals surface area contributed by atoms with E-state index in [9.17, 15) is 0 Å². The number of aromatic nitrogens is 1. The van der Waals surface area contributed by atoms with Crippen LogP contribution in [0.25, 0.3) is 22.0 Å². The normalized spacial score (nSPS) is 12.8. The van der Waals surface area contributed by atoms with Gasteiger partial charge in [0.2, 0.25) is 0 Å². The van der Waals surface area contributed by atoms with E-state index in [0.29, 0.717) is 6.04 Å². The Kier molecular flexibility index (Phi) is 3.72. The van der Waals surface area contributed by atoms with E-state index in [0.717, 1.165) is 5.69 Å². The molecular weight excluding hydrogens is 256 g/mol. The van der Waals surface area contributed by atoms with E-state index in [1.54, 1.807) is 0 Å². The highest BCUT2D eigenvalue weighted by atomic mass is 15.1. The van der Waals surface area contributed by atoms with E-state index in [-0.39, 0.29) is 0 Å². The van der Waals surface area contributed by atoms with Crippen molar-refractivity contribution in [1.82, 2.24) is 9.88 Å². The number of rotatable bonds is 3. The van der Waals surface area contributed by atoms with Crippen LogP contribution in [0.1, 0.15) is 18.5 Å². The summed E-state index contributed by atoms with van der Waals surface area (Å²) in [7, 11) is 4.21. The summed E-state index contributed by atoms with van der Waals surface area (Å²) in [5, 5.41) is 2.43. The second kappa shape index (κ2) is 5.66. The fourth-order valence-electron chi connectivity index (χ4n) is 2.59. The first-order valence-electron chi connectivity index (χ1n) is 7.27. The first kappa shape index (κ1) is 13.8. The van der Waals surface area contributed by atoms with Gasteiger partial charge in [0.15, 0.2) is 0 Å². The van der Waals surface area contributed by atoms with Crippen LogP contribution < -0.4 is 0 Å². The summed E-state index contributed by atoms with van der Waals surface area (Å²) in [6, 6.07) is 19.5. The zero-order chi connectivity index (χ0) is 14.8. The largest absolute Gasteiger partial charge is 0.303 e. The van der Waals surface area contributed by atoms with E-state index in [2.05, 4.69) is 85.5 Å². The van der Waals surface area contributed by atoms with Crippen LogP contribution >= 0.6 is 0 Å². The van der Waals surface area contributed by atoms with Crippen LogP contribution in [0.3, 0.4) is 0 Å². The van der Waals surface area contributed by atoms with Crippen molar-refractivity contribution in [2.45, 2.75) is 13.0 Å². The molecule has 0 saturated heterocycles. The van der Waals surface area contributed by atoms with Gasteiger partial charge in [-0.05, 0) is 44.1 Å². The van der Waals surface area contributed by atoms with Gasteiger partial charge in [-0.25, -0.2) is 0 Å². The van der Waals surface area contributed by atoms with Crippen molar-refractivity contribution in [3.8, 4) is 11.3 Å². The van der Waals surface area contributed by atoms with Gasteiger partial charge in [0.25, 0.3) is 0 Å². The van der Waals surface area contributed by atoms with Gasteiger partial charge in [-0.15, -0.1) is 0 Å². The Hall–Kier alpha value is -2.19. The summed E-state index contributed by atoms with van der Waals surface area (Å²) in [4.78, 5) is 6.83. The lowest BCUT2D eigenvalue weighted by atomic mass is 9.99. The molecule has 0 saturated carbocycles.